The molecule has 2 N–H and O–H groups in total. The minimum Gasteiger partial charge on any atom is -0.489 e. The maximum Gasteiger partial charge on any atom is 0.216 e. The van der Waals surface area contributed by atoms with E-state index in [0.29, 0.717) is 6.54 Å². The first kappa shape index (κ1) is 14.9. The van der Waals surface area contributed by atoms with E-state index >= 15 is 0 Å². The van der Waals surface area contributed by atoms with Crippen LogP contribution in [-0.2, 0) is 11.2 Å². The molecule has 0 bridgehead atoms. The lowest BCUT2D eigenvalue weighted by molar-refractivity contribution is -0.118. The lowest BCUT2D eigenvalue weighted by atomic mass is 10.1. The molecule has 0 aliphatic carbocycles. The van der Waals surface area contributed by atoms with Crippen LogP contribution in [0.25, 0.3) is 10.9 Å². The number of H-pyrrole nitrogens is 1. The monoisotopic (exact) mass is 338 g/mol. The molecule has 4 nitrogen and oxygen atoms in total. The summed E-state index contributed by atoms with van der Waals surface area (Å²) >= 11 is 3.52. The van der Waals surface area contributed by atoms with Crippen molar-refractivity contribution < 1.29 is 9.53 Å². The van der Waals surface area contributed by atoms with Gasteiger partial charge in [0.2, 0.25) is 5.91 Å². The van der Waals surface area contributed by atoms with E-state index in [2.05, 4.69) is 32.3 Å². The molecule has 0 unspecified atom stereocenters. The molecule has 0 aliphatic rings. The third-order valence-electron chi connectivity index (χ3n) is 2.93. The molecular formula is C15H19BrN2O2. The quantitative estimate of drug-likeness (QED) is 0.877. The van der Waals surface area contributed by atoms with Gasteiger partial charge in [-0.25, -0.2) is 0 Å². The molecule has 108 valence electrons. The number of aromatic amines is 1. The number of hydrogen-bond acceptors (Lipinski definition) is 2. The highest BCUT2D eigenvalue weighted by Crippen LogP contribution is 2.32. The van der Waals surface area contributed by atoms with Gasteiger partial charge in [0.25, 0.3) is 0 Å². The first-order valence-electron chi connectivity index (χ1n) is 6.68. The highest BCUT2D eigenvalue weighted by atomic mass is 79.9. The standard InChI is InChI=1S/C15H19BrN2O2/c1-9(2)20-14-7-12(16)6-13-11(8-18-15(13)14)4-5-17-10(3)19/h6-9,18H,4-5H2,1-3H3,(H,17,19). The molecule has 0 saturated heterocycles. The molecule has 0 fully saturated rings. The second-order valence-corrected chi connectivity index (χ2v) is 5.96. The summed E-state index contributed by atoms with van der Waals surface area (Å²) in [7, 11) is 0. The fraction of sp³-hybridized carbons (Fsp3) is 0.400. The number of ether oxygens (including phenoxy) is 1. The van der Waals surface area contributed by atoms with Gasteiger partial charge < -0.3 is 15.0 Å². The van der Waals surface area contributed by atoms with Crippen LogP contribution in [0.4, 0.5) is 0 Å². The van der Waals surface area contributed by atoms with Crippen LogP contribution in [-0.4, -0.2) is 23.5 Å². The number of carbonyl (C=O) groups excluding carboxylic acids is 1. The molecule has 0 spiro atoms. The first-order chi connectivity index (χ1) is 9.47. The molecule has 5 heteroatoms. The molecule has 1 heterocycles. The zero-order valence-electron chi connectivity index (χ0n) is 11.9. The number of carbonyl (C=O) groups is 1. The lowest BCUT2D eigenvalue weighted by Crippen LogP contribution is -2.22. The Kier molecular flexibility index (Phi) is 4.70. The van der Waals surface area contributed by atoms with Crippen LogP contribution < -0.4 is 10.1 Å². The number of halogens is 1. The Bertz CT molecular complexity index is 620. The van der Waals surface area contributed by atoms with E-state index in [1.54, 1.807) is 0 Å². The number of rotatable bonds is 5. The van der Waals surface area contributed by atoms with Crippen molar-refractivity contribution in [1.29, 1.82) is 0 Å². The Morgan fingerprint density at radius 2 is 2.20 bits per heavy atom. The van der Waals surface area contributed by atoms with Gasteiger partial charge >= 0.3 is 0 Å². The third-order valence-corrected chi connectivity index (χ3v) is 3.39. The summed E-state index contributed by atoms with van der Waals surface area (Å²) in [5.74, 6) is 0.838. The smallest absolute Gasteiger partial charge is 0.216 e. The predicted molar refractivity (Wildman–Crippen MR) is 84.2 cm³/mol. The Hall–Kier alpha value is -1.49. The number of aromatic nitrogens is 1. The van der Waals surface area contributed by atoms with E-state index in [1.807, 2.05) is 26.1 Å². The molecule has 0 radical (unpaired) electrons. The number of amides is 1. The third kappa shape index (κ3) is 3.54. The van der Waals surface area contributed by atoms with Crippen molar-refractivity contribution in [2.75, 3.05) is 6.54 Å². The zero-order valence-corrected chi connectivity index (χ0v) is 13.5. The molecule has 1 aromatic carbocycles. The van der Waals surface area contributed by atoms with E-state index in [0.717, 1.165) is 27.5 Å². The van der Waals surface area contributed by atoms with Gasteiger partial charge in [-0.2, -0.15) is 0 Å². The molecular weight excluding hydrogens is 320 g/mol. The van der Waals surface area contributed by atoms with Crippen molar-refractivity contribution in [1.82, 2.24) is 10.3 Å². The summed E-state index contributed by atoms with van der Waals surface area (Å²) in [5, 5.41) is 3.94. The molecule has 0 saturated carbocycles. The van der Waals surface area contributed by atoms with Crippen molar-refractivity contribution in [3.8, 4) is 5.75 Å². The minimum absolute atomic E-state index is 0.00477. The van der Waals surface area contributed by atoms with E-state index < -0.39 is 0 Å². The second-order valence-electron chi connectivity index (χ2n) is 5.04. The van der Waals surface area contributed by atoms with Gasteiger partial charge in [-0.05, 0) is 38.0 Å². The van der Waals surface area contributed by atoms with Crippen LogP contribution in [0.5, 0.6) is 5.75 Å². The molecule has 2 rings (SSSR count). The second kappa shape index (κ2) is 6.31. The van der Waals surface area contributed by atoms with Crippen molar-refractivity contribution in [3.05, 3.63) is 28.4 Å². The van der Waals surface area contributed by atoms with Gasteiger partial charge in [0.1, 0.15) is 5.75 Å². The zero-order chi connectivity index (χ0) is 14.7. The summed E-state index contributed by atoms with van der Waals surface area (Å²) < 4.78 is 6.82. The van der Waals surface area contributed by atoms with Crippen molar-refractivity contribution in [3.63, 3.8) is 0 Å². The Morgan fingerprint density at radius 3 is 2.85 bits per heavy atom. The number of fused-ring (bicyclic) bond motifs is 1. The van der Waals surface area contributed by atoms with Crippen LogP contribution in [0.1, 0.15) is 26.3 Å². The van der Waals surface area contributed by atoms with Crippen molar-refractivity contribution in [2.24, 2.45) is 0 Å². The molecule has 0 atom stereocenters. The number of benzene rings is 1. The van der Waals surface area contributed by atoms with Gasteiger partial charge in [-0.15, -0.1) is 0 Å². The first-order valence-corrected chi connectivity index (χ1v) is 7.47. The van der Waals surface area contributed by atoms with E-state index in [4.69, 9.17) is 4.74 Å². The summed E-state index contributed by atoms with van der Waals surface area (Å²) in [6.45, 7) is 6.18. The van der Waals surface area contributed by atoms with E-state index in [-0.39, 0.29) is 12.0 Å². The fourth-order valence-corrected chi connectivity index (χ4v) is 2.58. The topological polar surface area (TPSA) is 54.1 Å². The van der Waals surface area contributed by atoms with Crippen LogP contribution >= 0.6 is 15.9 Å². The average molecular weight is 339 g/mol. The van der Waals surface area contributed by atoms with Crippen LogP contribution in [0.15, 0.2) is 22.8 Å². The van der Waals surface area contributed by atoms with E-state index in [1.165, 1.54) is 12.5 Å². The van der Waals surface area contributed by atoms with Crippen molar-refractivity contribution >= 4 is 32.7 Å². The number of hydrogen-bond donors (Lipinski definition) is 2. The predicted octanol–water partition coefficient (Wildman–Crippen LogP) is 3.40. The Labute approximate surface area is 127 Å². The van der Waals surface area contributed by atoms with Crippen LogP contribution in [0, 0.1) is 0 Å². The highest BCUT2D eigenvalue weighted by molar-refractivity contribution is 9.10. The average Bonchev–Trinajstić information content (AvgIpc) is 2.71. The van der Waals surface area contributed by atoms with Gasteiger partial charge in [0.15, 0.2) is 0 Å². The fourth-order valence-electron chi connectivity index (χ4n) is 2.15. The molecule has 1 amide bonds. The highest BCUT2D eigenvalue weighted by Gasteiger charge is 2.11. The maximum absolute atomic E-state index is 10.9. The number of nitrogens with one attached hydrogen (secondary N) is 2. The SMILES string of the molecule is CC(=O)NCCc1c[nH]c2c(OC(C)C)cc(Br)cc12. The van der Waals surface area contributed by atoms with Gasteiger partial charge in [0, 0.05) is 29.5 Å². The lowest BCUT2D eigenvalue weighted by Gasteiger charge is -2.11. The summed E-state index contributed by atoms with van der Waals surface area (Å²) in [5.41, 5.74) is 2.17. The normalized spacial score (nSPS) is 11.1. The van der Waals surface area contributed by atoms with Gasteiger partial charge in [0.05, 0.1) is 11.6 Å². The summed E-state index contributed by atoms with van der Waals surface area (Å²) in [4.78, 5) is 14.2. The molecule has 0 aliphatic heterocycles. The minimum atomic E-state index is -0.00477. The van der Waals surface area contributed by atoms with Gasteiger partial charge in [-0.1, -0.05) is 15.9 Å². The largest absolute Gasteiger partial charge is 0.489 e. The van der Waals surface area contributed by atoms with Crippen LogP contribution in [0.3, 0.4) is 0 Å². The van der Waals surface area contributed by atoms with Crippen molar-refractivity contribution in [2.45, 2.75) is 33.3 Å². The molecule has 20 heavy (non-hydrogen) atoms. The van der Waals surface area contributed by atoms with E-state index in [9.17, 15) is 4.79 Å². The Morgan fingerprint density at radius 1 is 1.45 bits per heavy atom. The van der Waals surface area contributed by atoms with Gasteiger partial charge in [-0.3, -0.25) is 4.79 Å². The molecule has 1 aromatic heterocycles. The maximum atomic E-state index is 10.9. The summed E-state index contributed by atoms with van der Waals surface area (Å²) in [6, 6.07) is 4.04. The Balaban J connectivity index is 2.29. The summed E-state index contributed by atoms with van der Waals surface area (Å²) in [6.07, 6.45) is 2.89. The van der Waals surface area contributed by atoms with Crippen LogP contribution in [0.2, 0.25) is 0 Å². The molecule has 2 aromatic rings.